The second-order valence-electron chi connectivity index (χ2n) is 6.41. The van der Waals surface area contributed by atoms with E-state index in [-0.39, 0.29) is 16.7 Å². The van der Waals surface area contributed by atoms with Crippen molar-refractivity contribution in [3.8, 4) is 0 Å². The summed E-state index contributed by atoms with van der Waals surface area (Å²) >= 11 is 0. The predicted octanol–water partition coefficient (Wildman–Crippen LogP) is 4.46. The fourth-order valence-corrected chi connectivity index (χ4v) is 3.25. The number of para-hydroxylation sites is 1. The number of hydrogen-bond acceptors (Lipinski definition) is 3. The zero-order valence-electron chi connectivity index (χ0n) is 13.0. The van der Waals surface area contributed by atoms with Crippen LogP contribution in [-0.4, -0.2) is 11.5 Å². The van der Waals surface area contributed by atoms with Crippen LogP contribution in [0.25, 0.3) is 0 Å². The molecule has 1 atom stereocenters. The molecule has 1 fully saturated rings. The molecule has 0 radical (unpaired) electrons. The van der Waals surface area contributed by atoms with Gasteiger partial charge in [0.1, 0.15) is 0 Å². The monoisotopic (exact) mass is 290 g/mol. The van der Waals surface area contributed by atoms with Gasteiger partial charge in [0.25, 0.3) is 5.69 Å². The van der Waals surface area contributed by atoms with Crippen LogP contribution in [0.5, 0.6) is 0 Å². The molecule has 1 aliphatic rings. The first-order chi connectivity index (χ1) is 10.1. The molecule has 1 aromatic carbocycles. The first-order valence-corrected chi connectivity index (χ1v) is 8.04. The molecule has 2 rings (SSSR count). The lowest BCUT2D eigenvalue weighted by atomic mass is 9.81. The maximum atomic E-state index is 11.1. The second-order valence-corrected chi connectivity index (χ2v) is 6.41. The molecule has 4 nitrogen and oxygen atoms in total. The normalized spacial score (nSPS) is 23.7. The van der Waals surface area contributed by atoms with Crippen molar-refractivity contribution < 1.29 is 4.92 Å². The molecule has 116 valence electrons. The van der Waals surface area contributed by atoms with Gasteiger partial charge in [0.2, 0.25) is 0 Å². The molecule has 0 bridgehead atoms. The maximum Gasteiger partial charge on any atom is 0.274 e. The number of hydrogen-bond donors (Lipinski definition) is 1. The Morgan fingerprint density at radius 2 is 1.95 bits per heavy atom. The van der Waals surface area contributed by atoms with Gasteiger partial charge in [-0.25, -0.2) is 0 Å². The third-order valence-electron chi connectivity index (χ3n) is 4.74. The number of benzene rings is 1. The lowest BCUT2D eigenvalue weighted by Gasteiger charge is -2.26. The highest BCUT2D eigenvalue weighted by molar-refractivity contribution is 5.41. The Labute approximate surface area is 127 Å². The Bertz CT molecular complexity index is 468. The third kappa shape index (κ3) is 4.53. The predicted molar refractivity (Wildman–Crippen MR) is 85.3 cm³/mol. The molecule has 0 heterocycles. The van der Waals surface area contributed by atoms with E-state index in [0.29, 0.717) is 0 Å². The standard InChI is InChI=1S/C17H26N2O2/c1-13-7-9-15(10-8-13)11-12-18-14(2)16-5-3-4-6-17(16)19(20)21/h3-6,13-15,18H,7-12H2,1-2H3. The number of nitrogens with zero attached hydrogens (tertiary/aromatic N) is 1. The van der Waals surface area contributed by atoms with Gasteiger partial charge < -0.3 is 5.32 Å². The van der Waals surface area contributed by atoms with Gasteiger partial charge in [0.05, 0.1) is 4.92 Å². The highest BCUT2D eigenvalue weighted by atomic mass is 16.6. The molecule has 21 heavy (non-hydrogen) atoms. The molecule has 0 aromatic heterocycles. The van der Waals surface area contributed by atoms with E-state index < -0.39 is 0 Å². The topological polar surface area (TPSA) is 55.2 Å². The van der Waals surface area contributed by atoms with Crippen molar-refractivity contribution >= 4 is 5.69 Å². The van der Waals surface area contributed by atoms with Gasteiger partial charge in [0, 0.05) is 17.7 Å². The van der Waals surface area contributed by atoms with Gasteiger partial charge in [-0.3, -0.25) is 10.1 Å². The van der Waals surface area contributed by atoms with Gasteiger partial charge in [0.15, 0.2) is 0 Å². The van der Waals surface area contributed by atoms with Crippen LogP contribution >= 0.6 is 0 Å². The molecule has 1 saturated carbocycles. The highest BCUT2D eigenvalue weighted by Gasteiger charge is 2.20. The third-order valence-corrected chi connectivity index (χ3v) is 4.74. The zero-order valence-corrected chi connectivity index (χ0v) is 13.0. The molecular formula is C17H26N2O2. The van der Waals surface area contributed by atoms with E-state index in [9.17, 15) is 10.1 Å². The molecule has 0 aliphatic heterocycles. The maximum absolute atomic E-state index is 11.1. The first kappa shape index (κ1) is 16.0. The van der Waals surface area contributed by atoms with Gasteiger partial charge in [-0.1, -0.05) is 50.8 Å². The minimum atomic E-state index is -0.296. The summed E-state index contributed by atoms with van der Waals surface area (Å²) in [6.45, 7) is 5.28. The zero-order chi connectivity index (χ0) is 15.2. The first-order valence-electron chi connectivity index (χ1n) is 8.04. The van der Waals surface area contributed by atoms with Crippen LogP contribution in [0.3, 0.4) is 0 Å². The Kier molecular flexibility index (Phi) is 5.74. The van der Waals surface area contributed by atoms with E-state index in [1.807, 2.05) is 19.1 Å². The summed E-state index contributed by atoms with van der Waals surface area (Å²) in [5.41, 5.74) is 0.990. The number of rotatable bonds is 6. The molecular weight excluding hydrogens is 264 g/mol. The minimum Gasteiger partial charge on any atom is -0.310 e. The Hall–Kier alpha value is -1.42. The lowest BCUT2D eigenvalue weighted by Crippen LogP contribution is -2.24. The average Bonchev–Trinajstić information content (AvgIpc) is 2.49. The number of nitrogens with one attached hydrogen (secondary N) is 1. The summed E-state index contributed by atoms with van der Waals surface area (Å²) in [4.78, 5) is 10.8. The lowest BCUT2D eigenvalue weighted by molar-refractivity contribution is -0.385. The molecule has 0 saturated heterocycles. The summed E-state index contributed by atoms with van der Waals surface area (Å²) in [6.07, 6.45) is 6.55. The Morgan fingerprint density at radius 3 is 2.62 bits per heavy atom. The van der Waals surface area contributed by atoms with Crippen molar-refractivity contribution in [2.45, 2.75) is 52.0 Å². The van der Waals surface area contributed by atoms with E-state index in [4.69, 9.17) is 0 Å². The van der Waals surface area contributed by atoms with E-state index in [1.54, 1.807) is 12.1 Å². The molecule has 1 N–H and O–H groups in total. The fourth-order valence-electron chi connectivity index (χ4n) is 3.25. The molecule has 1 aliphatic carbocycles. The summed E-state index contributed by atoms with van der Waals surface area (Å²) in [5.74, 6) is 1.71. The van der Waals surface area contributed by atoms with E-state index in [1.165, 1.54) is 32.1 Å². The highest BCUT2D eigenvalue weighted by Crippen LogP contribution is 2.30. The quantitative estimate of drug-likeness (QED) is 0.621. The molecule has 1 unspecified atom stereocenters. The van der Waals surface area contributed by atoms with Crippen molar-refractivity contribution in [2.24, 2.45) is 11.8 Å². The van der Waals surface area contributed by atoms with Crippen molar-refractivity contribution in [1.29, 1.82) is 0 Å². The second kappa shape index (κ2) is 7.55. The Morgan fingerprint density at radius 1 is 1.29 bits per heavy atom. The average molecular weight is 290 g/mol. The molecule has 0 spiro atoms. The summed E-state index contributed by atoms with van der Waals surface area (Å²) in [5, 5.41) is 14.5. The SMILES string of the molecule is CC1CCC(CCNC(C)c2ccccc2[N+](=O)[O-])CC1. The summed E-state index contributed by atoms with van der Waals surface area (Å²) in [6, 6.07) is 7.03. The van der Waals surface area contributed by atoms with Crippen LogP contribution in [0.4, 0.5) is 5.69 Å². The van der Waals surface area contributed by atoms with Crippen molar-refractivity contribution in [3.63, 3.8) is 0 Å². The van der Waals surface area contributed by atoms with Crippen LogP contribution in [0.15, 0.2) is 24.3 Å². The van der Waals surface area contributed by atoms with Crippen LogP contribution in [0.1, 0.15) is 57.6 Å². The fraction of sp³-hybridized carbons (Fsp3) is 0.647. The molecule has 1 aromatic rings. The van der Waals surface area contributed by atoms with Crippen LogP contribution < -0.4 is 5.32 Å². The van der Waals surface area contributed by atoms with Crippen molar-refractivity contribution in [2.75, 3.05) is 6.54 Å². The number of nitro benzene ring substituents is 1. The van der Waals surface area contributed by atoms with E-state index in [2.05, 4.69) is 12.2 Å². The van der Waals surface area contributed by atoms with Gasteiger partial charge >= 0.3 is 0 Å². The van der Waals surface area contributed by atoms with Gasteiger partial charge in [-0.05, 0) is 31.7 Å². The van der Waals surface area contributed by atoms with E-state index >= 15 is 0 Å². The molecule has 0 amide bonds. The van der Waals surface area contributed by atoms with Crippen LogP contribution in [0, 0.1) is 22.0 Å². The van der Waals surface area contributed by atoms with Crippen molar-refractivity contribution in [3.05, 3.63) is 39.9 Å². The van der Waals surface area contributed by atoms with E-state index in [0.717, 1.165) is 23.9 Å². The summed E-state index contributed by atoms with van der Waals surface area (Å²) in [7, 11) is 0. The smallest absolute Gasteiger partial charge is 0.274 e. The van der Waals surface area contributed by atoms with Gasteiger partial charge in [-0.15, -0.1) is 0 Å². The molecule has 4 heteroatoms. The Balaban J connectivity index is 1.82. The van der Waals surface area contributed by atoms with Crippen LogP contribution in [0.2, 0.25) is 0 Å². The number of nitro groups is 1. The van der Waals surface area contributed by atoms with Crippen molar-refractivity contribution in [1.82, 2.24) is 5.32 Å². The van der Waals surface area contributed by atoms with Gasteiger partial charge in [-0.2, -0.15) is 0 Å². The largest absolute Gasteiger partial charge is 0.310 e. The van der Waals surface area contributed by atoms with Crippen LogP contribution in [-0.2, 0) is 0 Å². The summed E-state index contributed by atoms with van der Waals surface area (Å²) < 4.78 is 0. The minimum absolute atomic E-state index is 0.0223.